The van der Waals surface area contributed by atoms with Crippen LogP contribution in [0.3, 0.4) is 0 Å². The van der Waals surface area contributed by atoms with Gasteiger partial charge in [-0.15, -0.1) is 10.2 Å². The minimum absolute atomic E-state index is 0.173. The molecule has 1 unspecified atom stereocenters. The number of aromatic nitrogens is 3. The fourth-order valence-electron chi connectivity index (χ4n) is 3.18. The second-order valence-corrected chi connectivity index (χ2v) is 9.07. The summed E-state index contributed by atoms with van der Waals surface area (Å²) in [5, 5.41) is 12.3. The summed E-state index contributed by atoms with van der Waals surface area (Å²) < 4.78 is 7.94. The fourth-order valence-corrected chi connectivity index (χ4v) is 4.25. The van der Waals surface area contributed by atoms with Crippen LogP contribution in [0, 0.1) is 6.92 Å². The van der Waals surface area contributed by atoms with Gasteiger partial charge in [0.1, 0.15) is 12.4 Å². The number of nitrogens with one attached hydrogen (secondary N) is 1. The maximum Gasteiger partial charge on any atom is 0.237 e. The van der Waals surface area contributed by atoms with E-state index in [1.54, 1.807) is 12.1 Å². The zero-order valence-electron chi connectivity index (χ0n) is 18.2. The summed E-state index contributed by atoms with van der Waals surface area (Å²) in [7, 11) is 0. The van der Waals surface area contributed by atoms with Crippen molar-refractivity contribution in [3.63, 3.8) is 0 Å². The van der Waals surface area contributed by atoms with Gasteiger partial charge in [0, 0.05) is 5.69 Å². The third kappa shape index (κ3) is 5.56. The van der Waals surface area contributed by atoms with Gasteiger partial charge in [0.15, 0.2) is 11.0 Å². The highest BCUT2D eigenvalue weighted by Crippen LogP contribution is 2.28. The summed E-state index contributed by atoms with van der Waals surface area (Å²) in [6.45, 7) is 4.07. The maximum atomic E-state index is 12.8. The van der Waals surface area contributed by atoms with Crippen LogP contribution in [0.15, 0.2) is 84.0 Å². The van der Waals surface area contributed by atoms with Gasteiger partial charge in [-0.3, -0.25) is 9.36 Å². The number of carbonyl (C=O) groups excluding carboxylic acids is 1. The van der Waals surface area contributed by atoms with Gasteiger partial charge < -0.3 is 10.1 Å². The number of rotatable bonds is 8. The molecule has 0 aliphatic heterocycles. The first kappa shape index (κ1) is 22.9. The standard InChI is InChI=1S/C25H23ClN4O2S/c1-17-10-6-9-15-22(17)32-16-23-28-29-25(30(23)19-11-4-3-5-12-19)33-18(2)24(31)27-21-14-8-7-13-20(21)26/h3-15,18H,16H2,1-2H3,(H,27,31). The highest BCUT2D eigenvalue weighted by Gasteiger charge is 2.22. The van der Waals surface area contributed by atoms with E-state index in [-0.39, 0.29) is 12.5 Å². The van der Waals surface area contributed by atoms with Crippen LogP contribution in [-0.2, 0) is 11.4 Å². The van der Waals surface area contributed by atoms with Crippen LogP contribution >= 0.6 is 23.4 Å². The smallest absolute Gasteiger partial charge is 0.237 e. The molecule has 1 heterocycles. The predicted octanol–water partition coefficient (Wildman–Crippen LogP) is 5.93. The number of ether oxygens (including phenoxy) is 1. The van der Waals surface area contributed by atoms with Crippen molar-refractivity contribution < 1.29 is 9.53 Å². The number of halogens is 1. The van der Waals surface area contributed by atoms with E-state index in [1.807, 2.05) is 85.1 Å². The van der Waals surface area contributed by atoms with Crippen LogP contribution in [-0.4, -0.2) is 25.9 Å². The molecule has 8 heteroatoms. The molecule has 1 aromatic heterocycles. The number of hydrogen-bond donors (Lipinski definition) is 1. The first-order chi connectivity index (χ1) is 16.0. The molecule has 0 aliphatic carbocycles. The van der Waals surface area contributed by atoms with Crippen LogP contribution < -0.4 is 10.1 Å². The van der Waals surface area contributed by atoms with Crippen LogP contribution in [0.4, 0.5) is 5.69 Å². The van der Waals surface area contributed by atoms with Crippen molar-refractivity contribution in [1.29, 1.82) is 0 Å². The summed E-state index contributed by atoms with van der Waals surface area (Å²) in [6, 6.07) is 24.8. The van der Waals surface area contributed by atoms with E-state index in [4.69, 9.17) is 16.3 Å². The lowest BCUT2D eigenvalue weighted by molar-refractivity contribution is -0.115. The molecule has 1 amide bonds. The molecule has 4 rings (SSSR count). The molecule has 1 N–H and O–H groups in total. The number of para-hydroxylation sites is 3. The molecule has 0 spiro atoms. The predicted molar refractivity (Wildman–Crippen MR) is 132 cm³/mol. The molecule has 0 saturated carbocycles. The molecule has 0 radical (unpaired) electrons. The Morgan fingerprint density at radius 2 is 1.73 bits per heavy atom. The molecule has 0 aliphatic rings. The second-order valence-electron chi connectivity index (χ2n) is 7.35. The van der Waals surface area contributed by atoms with Gasteiger partial charge in [-0.1, -0.05) is 71.9 Å². The fraction of sp³-hybridized carbons (Fsp3) is 0.160. The van der Waals surface area contributed by atoms with Crippen LogP contribution in [0.5, 0.6) is 5.75 Å². The molecule has 168 valence electrons. The monoisotopic (exact) mass is 478 g/mol. The molecule has 6 nitrogen and oxygen atoms in total. The molecule has 3 aromatic carbocycles. The number of carbonyl (C=O) groups is 1. The van der Waals surface area contributed by atoms with Crippen molar-refractivity contribution in [1.82, 2.24) is 14.8 Å². The number of hydrogen-bond acceptors (Lipinski definition) is 5. The Labute approximate surface area is 202 Å². The number of amides is 1. The summed E-state index contributed by atoms with van der Waals surface area (Å²) >= 11 is 7.50. The van der Waals surface area contributed by atoms with E-state index in [0.717, 1.165) is 17.0 Å². The first-order valence-electron chi connectivity index (χ1n) is 10.4. The van der Waals surface area contributed by atoms with Gasteiger partial charge in [0.2, 0.25) is 5.91 Å². The lowest BCUT2D eigenvalue weighted by atomic mass is 10.2. The second kappa shape index (κ2) is 10.6. The van der Waals surface area contributed by atoms with Gasteiger partial charge in [0.05, 0.1) is 16.0 Å². The van der Waals surface area contributed by atoms with Crippen molar-refractivity contribution >= 4 is 35.0 Å². The zero-order chi connectivity index (χ0) is 23.2. The number of anilines is 1. The lowest BCUT2D eigenvalue weighted by Crippen LogP contribution is -2.23. The number of thioether (sulfide) groups is 1. The highest BCUT2D eigenvalue weighted by atomic mass is 35.5. The molecule has 0 saturated heterocycles. The Balaban J connectivity index is 1.55. The molecule has 0 fully saturated rings. The lowest BCUT2D eigenvalue weighted by Gasteiger charge is -2.15. The van der Waals surface area contributed by atoms with Crippen molar-refractivity contribution in [2.24, 2.45) is 0 Å². The van der Waals surface area contributed by atoms with Gasteiger partial charge in [-0.05, 0) is 49.7 Å². The largest absolute Gasteiger partial charge is 0.485 e. The zero-order valence-corrected chi connectivity index (χ0v) is 19.8. The van der Waals surface area contributed by atoms with Crippen LogP contribution in [0.1, 0.15) is 18.3 Å². The number of nitrogens with zero attached hydrogens (tertiary/aromatic N) is 3. The summed E-state index contributed by atoms with van der Waals surface area (Å²) in [6.07, 6.45) is 0. The Bertz CT molecular complexity index is 1250. The van der Waals surface area contributed by atoms with Gasteiger partial charge in [-0.2, -0.15) is 0 Å². The van der Waals surface area contributed by atoms with E-state index in [2.05, 4.69) is 15.5 Å². The van der Waals surface area contributed by atoms with Crippen molar-refractivity contribution in [3.8, 4) is 11.4 Å². The number of aryl methyl sites for hydroxylation is 1. The van der Waals surface area contributed by atoms with Gasteiger partial charge in [0.25, 0.3) is 0 Å². The molecule has 0 bridgehead atoms. The van der Waals surface area contributed by atoms with E-state index >= 15 is 0 Å². The average molecular weight is 479 g/mol. The molecule has 4 aromatic rings. The van der Waals surface area contributed by atoms with E-state index in [1.165, 1.54) is 11.8 Å². The Morgan fingerprint density at radius 3 is 2.48 bits per heavy atom. The van der Waals surface area contributed by atoms with Gasteiger partial charge in [-0.25, -0.2) is 0 Å². The van der Waals surface area contributed by atoms with E-state index in [9.17, 15) is 4.79 Å². The summed E-state index contributed by atoms with van der Waals surface area (Å²) in [5.74, 6) is 1.26. The Hall–Kier alpha value is -3.29. The van der Waals surface area contributed by atoms with E-state index in [0.29, 0.717) is 21.7 Å². The minimum atomic E-state index is -0.432. The SMILES string of the molecule is Cc1ccccc1OCc1nnc(SC(C)C(=O)Nc2ccccc2Cl)n1-c1ccccc1. The minimum Gasteiger partial charge on any atom is -0.485 e. The molecular formula is C25H23ClN4O2S. The average Bonchev–Trinajstić information content (AvgIpc) is 3.22. The topological polar surface area (TPSA) is 69.0 Å². The van der Waals surface area contributed by atoms with Crippen LogP contribution in [0.25, 0.3) is 5.69 Å². The third-order valence-corrected chi connectivity index (χ3v) is 6.32. The highest BCUT2D eigenvalue weighted by molar-refractivity contribution is 8.00. The Kier molecular flexibility index (Phi) is 7.32. The van der Waals surface area contributed by atoms with E-state index < -0.39 is 5.25 Å². The third-order valence-electron chi connectivity index (χ3n) is 4.95. The Morgan fingerprint density at radius 1 is 1.03 bits per heavy atom. The molecule has 1 atom stereocenters. The summed E-state index contributed by atoms with van der Waals surface area (Å²) in [5.41, 5.74) is 2.52. The van der Waals surface area contributed by atoms with Crippen molar-refractivity contribution in [2.45, 2.75) is 30.9 Å². The molecule has 33 heavy (non-hydrogen) atoms. The number of benzene rings is 3. The van der Waals surface area contributed by atoms with Gasteiger partial charge >= 0.3 is 0 Å². The van der Waals surface area contributed by atoms with Crippen molar-refractivity contribution in [3.05, 3.63) is 95.3 Å². The molecular weight excluding hydrogens is 456 g/mol. The quantitative estimate of drug-likeness (QED) is 0.318. The summed E-state index contributed by atoms with van der Waals surface area (Å²) in [4.78, 5) is 12.8. The normalized spacial score (nSPS) is 11.7. The van der Waals surface area contributed by atoms with Crippen LogP contribution in [0.2, 0.25) is 5.02 Å². The van der Waals surface area contributed by atoms with Crippen molar-refractivity contribution in [2.75, 3.05) is 5.32 Å². The maximum absolute atomic E-state index is 12.8. The first-order valence-corrected chi connectivity index (χ1v) is 11.7.